The summed E-state index contributed by atoms with van der Waals surface area (Å²) in [4.78, 5) is 28.2. The summed E-state index contributed by atoms with van der Waals surface area (Å²) in [5.41, 5.74) is 2.16. The maximum Gasteiger partial charge on any atom is 0.243 e. The van der Waals surface area contributed by atoms with E-state index < -0.39 is 6.04 Å². The summed E-state index contributed by atoms with van der Waals surface area (Å²) in [5.74, 6) is 1.07. The van der Waals surface area contributed by atoms with Gasteiger partial charge in [-0.2, -0.15) is 0 Å². The van der Waals surface area contributed by atoms with Crippen LogP contribution in [0.3, 0.4) is 0 Å². The van der Waals surface area contributed by atoms with Crippen LogP contribution in [-0.4, -0.2) is 34.6 Å². The Kier molecular flexibility index (Phi) is 9.94. The average Bonchev–Trinajstić information content (AvgIpc) is 2.81. The highest BCUT2D eigenvalue weighted by Gasteiger charge is 2.30. The van der Waals surface area contributed by atoms with Crippen molar-refractivity contribution in [2.45, 2.75) is 69.8 Å². The van der Waals surface area contributed by atoms with E-state index >= 15 is 0 Å². The number of benzene rings is 2. The van der Waals surface area contributed by atoms with Crippen LogP contribution in [0.15, 0.2) is 54.6 Å². The van der Waals surface area contributed by atoms with Crippen LogP contribution in [0.5, 0.6) is 0 Å². The minimum absolute atomic E-state index is 0.00785. The predicted octanol–water partition coefficient (Wildman–Crippen LogP) is 5.83. The van der Waals surface area contributed by atoms with Crippen molar-refractivity contribution >= 4 is 35.2 Å². The molecule has 0 aromatic heterocycles. The van der Waals surface area contributed by atoms with Gasteiger partial charge in [0.2, 0.25) is 11.8 Å². The monoisotopic (exact) mass is 472 g/mol. The second kappa shape index (κ2) is 12.9. The highest BCUT2D eigenvalue weighted by Crippen LogP contribution is 2.21. The first kappa shape index (κ1) is 24.7. The van der Waals surface area contributed by atoms with Gasteiger partial charge in [0.25, 0.3) is 0 Å². The van der Waals surface area contributed by atoms with Crippen LogP contribution in [0.2, 0.25) is 5.02 Å². The molecule has 172 valence electrons. The SMILES string of the molecule is CC[C@@H](C(=O)NC1CCCCC1)N(Cc1ccc(Cl)cc1)C(=O)CSCc1ccccc1. The van der Waals surface area contributed by atoms with Crippen LogP contribution in [0.25, 0.3) is 0 Å². The fourth-order valence-electron chi connectivity index (χ4n) is 4.16. The molecular weight excluding hydrogens is 440 g/mol. The summed E-state index contributed by atoms with van der Waals surface area (Å²) in [6, 6.07) is 17.4. The van der Waals surface area contributed by atoms with Crippen LogP contribution in [-0.2, 0) is 21.9 Å². The molecule has 1 atom stereocenters. The zero-order chi connectivity index (χ0) is 22.8. The van der Waals surface area contributed by atoms with Crippen molar-refractivity contribution in [2.75, 3.05) is 5.75 Å². The number of thioether (sulfide) groups is 1. The highest BCUT2D eigenvalue weighted by atomic mass is 35.5. The van der Waals surface area contributed by atoms with Crippen molar-refractivity contribution in [3.05, 3.63) is 70.7 Å². The molecule has 1 N–H and O–H groups in total. The van der Waals surface area contributed by atoms with E-state index in [1.165, 1.54) is 12.0 Å². The van der Waals surface area contributed by atoms with E-state index in [9.17, 15) is 9.59 Å². The molecule has 2 amide bonds. The van der Waals surface area contributed by atoms with Gasteiger partial charge in [0, 0.05) is 23.4 Å². The fourth-order valence-corrected chi connectivity index (χ4v) is 5.16. The number of hydrogen-bond acceptors (Lipinski definition) is 3. The molecule has 1 saturated carbocycles. The summed E-state index contributed by atoms with van der Waals surface area (Å²) in [5, 5.41) is 3.88. The van der Waals surface area contributed by atoms with Gasteiger partial charge in [0.1, 0.15) is 6.04 Å². The lowest BCUT2D eigenvalue weighted by Gasteiger charge is -2.32. The summed E-state index contributed by atoms with van der Waals surface area (Å²) in [6.07, 6.45) is 6.20. The topological polar surface area (TPSA) is 49.4 Å². The lowest BCUT2D eigenvalue weighted by molar-refractivity contribution is -0.139. The number of halogens is 1. The third kappa shape index (κ3) is 7.56. The fraction of sp³-hybridized carbons (Fsp3) is 0.462. The normalized spacial score (nSPS) is 15.2. The molecule has 1 aliphatic rings. The molecule has 0 saturated heterocycles. The number of carbonyl (C=O) groups excluding carboxylic acids is 2. The molecule has 1 aliphatic carbocycles. The van der Waals surface area contributed by atoms with Crippen LogP contribution >= 0.6 is 23.4 Å². The zero-order valence-electron chi connectivity index (χ0n) is 18.8. The van der Waals surface area contributed by atoms with E-state index in [-0.39, 0.29) is 17.9 Å². The van der Waals surface area contributed by atoms with E-state index in [2.05, 4.69) is 17.4 Å². The first-order valence-corrected chi connectivity index (χ1v) is 13.1. The molecule has 32 heavy (non-hydrogen) atoms. The van der Waals surface area contributed by atoms with Gasteiger partial charge in [-0.15, -0.1) is 11.8 Å². The standard InChI is InChI=1S/C26H33ClN2O2S/c1-2-24(26(31)28-23-11-7-4-8-12-23)29(17-20-13-15-22(27)16-14-20)25(30)19-32-18-21-9-5-3-6-10-21/h3,5-6,9-10,13-16,23-24H,2,4,7-8,11-12,17-19H2,1H3,(H,28,31)/t24-/m0/s1. The maximum absolute atomic E-state index is 13.3. The molecule has 0 radical (unpaired) electrons. The Morgan fingerprint density at radius 1 is 1.03 bits per heavy atom. The van der Waals surface area contributed by atoms with Crippen LogP contribution in [0.1, 0.15) is 56.6 Å². The summed E-state index contributed by atoms with van der Waals surface area (Å²) in [6.45, 7) is 2.38. The maximum atomic E-state index is 13.3. The molecule has 0 heterocycles. The lowest BCUT2D eigenvalue weighted by Crippen LogP contribution is -2.52. The Labute approximate surface area is 201 Å². The van der Waals surface area contributed by atoms with Crippen molar-refractivity contribution in [3.8, 4) is 0 Å². The number of nitrogens with zero attached hydrogens (tertiary/aromatic N) is 1. The Hall–Kier alpha value is -1.98. The van der Waals surface area contributed by atoms with Gasteiger partial charge < -0.3 is 10.2 Å². The Bertz CT molecular complexity index is 854. The van der Waals surface area contributed by atoms with Gasteiger partial charge in [-0.05, 0) is 42.5 Å². The quantitative estimate of drug-likeness (QED) is 0.473. The summed E-state index contributed by atoms with van der Waals surface area (Å²) < 4.78 is 0. The van der Waals surface area contributed by atoms with Crippen molar-refractivity contribution < 1.29 is 9.59 Å². The summed E-state index contributed by atoms with van der Waals surface area (Å²) >= 11 is 7.63. The predicted molar refractivity (Wildman–Crippen MR) is 134 cm³/mol. The summed E-state index contributed by atoms with van der Waals surface area (Å²) in [7, 11) is 0. The Morgan fingerprint density at radius 3 is 2.38 bits per heavy atom. The molecule has 0 spiro atoms. The molecule has 0 aliphatic heterocycles. The van der Waals surface area contributed by atoms with Crippen molar-refractivity contribution in [1.29, 1.82) is 0 Å². The molecule has 2 aromatic carbocycles. The minimum Gasteiger partial charge on any atom is -0.352 e. The van der Waals surface area contributed by atoms with E-state index in [1.807, 2.05) is 49.4 Å². The van der Waals surface area contributed by atoms with E-state index in [4.69, 9.17) is 11.6 Å². The zero-order valence-corrected chi connectivity index (χ0v) is 20.3. The van der Waals surface area contributed by atoms with Gasteiger partial charge >= 0.3 is 0 Å². The van der Waals surface area contributed by atoms with E-state index in [1.54, 1.807) is 16.7 Å². The molecule has 3 rings (SSSR count). The van der Waals surface area contributed by atoms with Crippen LogP contribution in [0.4, 0.5) is 0 Å². The largest absolute Gasteiger partial charge is 0.352 e. The number of hydrogen-bond donors (Lipinski definition) is 1. The minimum atomic E-state index is -0.475. The molecule has 2 aromatic rings. The molecule has 6 heteroatoms. The second-order valence-electron chi connectivity index (χ2n) is 8.39. The van der Waals surface area contributed by atoms with Gasteiger partial charge in [-0.1, -0.05) is 80.3 Å². The Morgan fingerprint density at radius 2 is 1.72 bits per heavy atom. The van der Waals surface area contributed by atoms with Crippen molar-refractivity contribution in [3.63, 3.8) is 0 Å². The molecule has 4 nitrogen and oxygen atoms in total. The number of carbonyl (C=O) groups is 2. The van der Waals surface area contributed by atoms with Crippen LogP contribution < -0.4 is 5.32 Å². The van der Waals surface area contributed by atoms with Crippen molar-refractivity contribution in [2.24, 2.45) is 0 Å². The van der Waals surface area contributed by atoms with Gasteiger partial charge in [0.05, 0.1) is 5.75 Å². The number of rotatable bonds is 10. The van der Waals surface area contributed by atoms with E-state index in [0.29, 0.717) is 23.7 Å². The lowest BCUT2D eigenvalue weighted by atomic mass is 9.95. The van der Waals surface area contributed by atoms with E-state index in [0.717, 1.165) is 37.0 Å². The van der Waals surface area contributed by atoms with Crippen LogP contribution in [0, 0.1) is 0 Å². The number of nitrogens with one attached hydrogen (secondary N) is 1. The Balaban J connectivity index is 1.69. The number of amides is 2. The molecule has 0 unspecified atom stereocenters. The third-order valence-corrected chi connectivity index (χ3v) is 7.18. The van der Waals surface area contributed by atoms with Gasteiger partial charge in [-0.3, -0.25) is 9.59 Å². The van der Waals surface area contributed by atoms with Gasteiger partial charge in [-0.25, -0.2) is 0 Å². The second-order valence-corrected chi connectivity index (χ2v) is 9.82. The first-order valence-electron chi connectivity index (χ1n) is 11.5. The molecule has 1 fully saturated rings. The first-order chi connectivity index (χ1) is 15.6. The van der Waals surface area contributed by atoms with Crippen molar-refractivity contribution in [1.82, 2.24) is 10.2 Å². The van der Waals surface area contributed by atoms with Gasteiger partial charge in [0.15, 0.2) is 0 Å². The highest BCUT2D eigenvalue weighted by molar-refractivity contribution is 7.99. The molecular formula is C26H33ClN2O2S. The third-order valence-electron chi connectivity index (χ3n) is 5.94. The average molecular weight is 473 g/mol. The smallest absolute Gasteiger partial charge is 0.243 e. The molecule has 0 bridgehead atoms.